The van der Waals surface area contributed by atoms with E-state index in [0.717, 1.165) is 16.6 Å². The third kappa shape index (κ3) is 1.96. The molecule has 0 aliphatic rings. The van der Waals surface area contributed by atoms with Crippen molar-refractivity contribution in [3.05, 3.63) is 36.2 Å². The number of nitrogens with one attached hydrogen (secondary N) is 1. The van der Waals surface area contributed by atoms with Gasteiger partial charge in [0.05, 0.1) is 0 Å². The Morgan fingerprint density at radius 3 is 2.93 bits per heavy atom. The lowest BCUT2D eigenvalue weighted by molar-refractivity contribution is -0.114. The Morgan fingerprint density at radius 1 is 1.40 bits per heavy atom. The van der Waals surface area contributed by atoms with E-state index in [-0.39, 0.29) is 5.91 Å². The summed E-state index contributed by atoms with van der Waals surface area (Å²) in [5.41, 5.74) is 1.96. The molecule has 1 aromatic carbocycles. The second-order valence-corrected chi connectivity index (χ2v) is 3.57. The monoisotopic (exact) mass is 200 g/mol. The highest BCUT2D eigenvalue weighted by Crippen LogP contribution is 2.22. The molecule has 0 unspecified atom stereocenters. The molecule has 0 atom stereocenters. The molecular weight excluding hydrogens is 188 g/mol. The van der Waals surface area contributed by atoms with Crippen LogP contribution in [0.3, 0.4) is 0 Å². The molecule has 76 valence electrons. The summed E-state index contributed by atoms with van der Waals surface area (Å²) in [5.74, 6) is -0.0577. The Morgan fingerprint density at radius 2 is 2.20 bits per heavy atom. The van der Waals surface area contributed by atoms with Crippen LogP contribution < -0.4 is 5.32 Å². The molecule has 0 bridgehead atoms. The van der Waals surface area contributed by atoms with Crippen molar-refractivity contribution in [3.8, 4) is 0 Å². The lowest BCUT2D eigenvalue weighted by Crippen LogP contribution is -2.05. The number of fused-ring (bicyclic) bond motifs is 1. The number of benzene rings is 1. The van der Waals surface area contributed by atoms with E-state index < -0.39 is 0 Å². The maximum Gasteiger partial charge on any atom is 0.221 e. The number of hydrogen-bond acceptors (Lipinski definition) is 2. The molecule has 1 aromatic heterocycles. The Hall–Kier alpha value is -1.90. The van der Waals surface area contributed by atoms with Gasteiger partial charge in [-0.2, -0.15) is 0 Å². The Balaban J connectivity index is 2.57. The molecule has 1 N–H and O–H groups in total. The summed E-state index contributed by atoms with van der Waals surface area (Å²) in [6.45, 7) is 3.52. The Labute approximate surface area is 88.1 Å². The molecule has 0 aliphatic carbocycles. The number of pyridine rings is 1. The normalized spacial score (nSPS) is 10.3. The smallest absolute Gasteiger partial charge is 0.221 e. The highest BCUT2D eigenvalue weighted by molar-refractivity contribution is 5.94. The molecule has 0 spiro atoms. The number of carbonyl (C=O) groups is 1. The third-order valence-corrected chi connectivity index (χ3v) is 2.28. The topological polar surface area (TPSA) is 42.0 Å². The number of nitrogens with zero attached hydrogens (tertiary/aromatic N) is 1. The first-order chi connectivity index (χ1) is 7.16. The van der Waals surface area contributed by atoms with Gasteiger partial charge >= 0.3 is 0 Å². The molecule has 3 heteroatoms. The van der Waals surface area contributed by atoms with E-state index in [4.69, 9.17) is 0 Å². The van der Waals surface area contributed by atoms with Crippen LogP contribution in [0.5, 0.6) is 0 Å². The van der Waals surface area contributed by atoms with Crippen LogP contribution in [0, 0.1) is 6.92 Å². The Kier molecular flexibility index (Phi) is 2.37. The predicted molar refractivity (Wildman–Crippen MR) is 60.8 cm³/mol. The standard InChI is InChI=1S/C12H12N2O/c1-8-5-11(14-9(2)15)6-10-7-13-4-3-12(8)10/h3-7H,1-2H3,(H,14,15). The zero-order valence-corrected chi connectivity index (χ0v) is 8.74. The maximum absolute atomic E-state index is 10.9. The van der Waals surface area contributed by atoms with Gasteiger partial charge in [-0.3, -0.25) is 9.78 Å². The number of hydrogen-bond donors (Lipinski definition) is 1. The SMILES string of the molecule is CC(=O)Nc1cc(C)c2ccncc2c1. The van der Waals surface area contributed by atoms with Gasteiger partial charge in [0.1, 0.15) is 0 Å². The Bertz CT molecular complexity index is 520. The van der Waals surface area contributed by atoms with Gasteiger partial charge < -0.3 is 5.32 Å². The van der Waals surface area contributed by atoms with Crippen molar-refractivity contribution in [1.82, 2.24) is 4.98 Å². The first-order valence-corrected chi connectivity index (χ1v) is 4.79. The lowest BCUT2D eigenvalue weighted by atomic mass is 10.1. The van der Waals surface area contributed by atoms with Gasteiger partial charge in [0.25, 0.3) is 0 Å². The molecule has 1 amide bonds. The minimum absolute atomic E-state index is 0.0577. The summed E-state index contributed by atoms with van der Waals surface area (Å²) in [6, 6.07) is 5.86. The number of aromatic nitrogens is 1. The van der Waals surface area contributed by atoms with Gasteiger partial charge in [-0.1, -0.05) is 0 Å². The molecule has 15 heavy (non-hydrogen) atoms. The summed E-state index contributed by atoms with van der Waals surface area (Å²) < 4.78 is 0. The fourth-order valence-corrected chi connectivity index (χ4v) is 1.68. The highest BCUT2D eigenvalue weighted by atomic mass is 16.1. The van der Waals surface area contributed by atoms with Crippen LogP contribution in [-0.2, 0) is 4.79 Å². The predicted octanol–water partition coefficient (Wildman–Crippen LogP) is 2.50. The fraction of sp³-hybridized carbons (Fsp3) is 0.167. The second kappa shape index (κ2) is 3.69. The zero-order valence-electron chi connectivity index (χ0n) is 8.74. The van der Waals surface area contributed by atoms with Gasteiger partial charge in [0.2, 0.25) is 5.91 Å². The molecule has 3 nitrogen and oxygen atoms in total. The summed E-state index contributed by atoms with van der Waals surface area (Å²) >= 11 is 0. The van der Waals surface area contributed by atoms with Crippen LogP contribution in [0.4, 0.5) is 5.69 Å². The van der Waals surface area contributed by atoms with Crippen molar-refractivity contribution >= 4 is 22.4 Å². The molecule has 0 radical (unpaired) electrons. The number of anilines is 1. The van der Waals surface area contributed by atoms with Crippen LogP contribution >= 0.6 is 0 Å². The van der Waals surface area contributed by atoms with E-state index in [9.17, 15) is 4.79 Å². The van der Waals surface area contributed by atoms with Crippen molar-refractivity contribution < 1.29 is 4.79 Å². The van der Waals surface area contributed by atoms with Crippen LogP contribution in [-0.4, -0.2) is 10.9 Å². The molecule has 0 saturated heterocycles. The quantitative estimate of drug-likeness (QED) is 0.768. The minimum Gasteiger partial charge on any atom is -0.326 e. The first kappa shape index (κ1) is 9.65. The summed E-state index contributed by atoms with van der Waals surface area (Å²) in [7, 11) is 0. The van der Waals surface area contributed by atoms with Crippen LogP contribution in [0.1, 0.15) is 12.5 Å². The molecule has 1 heterocycles. The summed E-state index contributed by atoms with van der Waals surface area (Å²) in [6.07, 6.45) is 3.57. The zero-order chi connectivity index (χ0) is 10.8. The lowest BCUT2D eigenvalue weighted by Gasteiger charge is -2.06. The van der Waals surface area contributed by atoms with E-state index in [1.807, 2.05) is 25.1 Å². The number of carbonyl (C=O) groups excluding carboxylic acids is 1. The molecule has 2 aromatic rings. The average Bonchev–Trinajstić information content (AvgIpc) is 2.16. The van der Waals surface area contributed by atoms with Crippen molar-refractivity contribution in [2.75, 3.05) is 5.32 Å². The van der Waals surface area contributed by atoms with Gasteiger partial charge in [0, 0.05) is 30.4 Å². The number of aryl methyl sites for hydroxylation is 1. The molecule has 0 aliphatic heterocycles. The molecular formula is C12H12N2O. The van der Waals surface area contributed by atoms with E-state index in [0.29, 0.717) is 0 Å². The van der Waals surface area contributed by atoms with Crippen LogP contribution in [0.25, 0.3) is 10.8 Å². The van der Waals surface area contributed by atoms with Gasteiger partial charge in [-0.25, -0.2) is 0 Å². The van der Waals surface area contributed by atoms with E-state index in [2.05, 4.69) is 10.3 Å². The summed E-state index contributed by atoms with van der Waals surface area (Å²) in [4.78, 5) is 15.0. The van der Waals surface area contributed by atoms with Crippen molar-refractivity contribution in [2.24, 2.45) is 0 Å². The highest BCUT2D eigenvalue weighted by Gasteiger charge is 2.01. The first-order valence-electron chi connectivity index (χ1n) is 4.79. The largest absolute Gasteiger partial charge is 0.326 e. The molecule has 0 saturated carbocycles. The van der Waals surface area contributed by atoms with E-state index in [1.54, 1.807) is 12.4 Å². The van der Waals surface area contributed by atoms with Crippen LogP contribution in [0.2, 0.25) is 0 Å². The fourth-order valence-electron chi connectivity index (χ4n) is 1.68. The molecule has 0 fully saturated rings. The van der Waals surface area contributed by atoms with Gasteiger partial charge in [0.15, 0.2) is 0 Å². The average molecular weight is 200 g/mol. The summed E-state index contributed by atoms with van der Waals surface area (Å²) in [5, 5.41) is 4.98. The number of amides is 1. The minimum atomic E-state index is -0.0577. The van der Waals surface area contributed by atoms with E-state index >= 15 is 0 Å². The third-order valence-electron chi connectivity index (χ3n) is 2.28. The van der Waals surface area contributed by atoms with Gasteiger partial charge in [-0.05, 0) is 36.1 Å². The maximum atomic E-state index is 10.9. The van der Waals surface area contributed by atoms with Crippen molar-refractivity contribution in [2.45, 2.75) is 13.8 Å². The van der Waals surface area contributed by atoms with Gasteiger partial charge in [-0.15, -0.1) is 0 Å². The molecule has 2 rings (SSSR count). The number of rotatable bonds is 1. The van der Waals surface area contributed by atoms with Crippen LogP contribution in [0.15, 0.2) is 30.6 Å². The van der Waals surface area contributed by atoms with E-state index in [1.165, 1.54) is 12.3 Å². The second-order valence-electron chi connectivity index (χ2n) is 3.57. The van der Waals surface area contributed by atoms with Crippen molar-refractivity contribution in [3.63, 3.8) is 0 Å². The van der Waals surface area contributed by atoms with Crippen molar-refractivity contribution in [1.29, 1.82) is 0 Å².